The normalized spacial score (nSPS) is 32.6. The van der Waals surface area contributed by atoms with Gasteiger partial charge in [-0.25, -0.2) is 4.79 Å². The Morgan fingerprint density at radius 3 is 2.09 bits per heavy atom. The Labute approximate surface area is 372 Å². The zero-order valence-electron chi connectivity index (χ0n) is 35.0. The predicted molar refractivity (Wildman–Crippen MR) is 219 cm³/mol. The number of aliphatic hydroxyl groups is 7. The highest BCUT2D eigenvalue weighted by atomic mass is 16.8. The minimum atomic E-state index is -2.11. The van der Waals surface area contributed by atoms with Crippen molar-refractivity contribution in [2.75, 3.05) is 13.7 Å². The lowest BCUT2D eigenvalue weighted by atomic mass is 9.97. The van der Waals surface area contributed by atoms with Crippen molar-refractivity contribution in [2.24, 2.45) is 0 Å². The van der Waals surface area contributed by atoms with Crippen LogP contribution < -0.4 is 14.9 Å². The van der Waals surface area contributed by atoms with Crippen molar-refractivity contribution in [3.05, 3.63) is 70.4 Å². The van der Waals surface area contributed by atoms with Gasteiger partial charge in [0.25, 0.3) is 0 Å². The average molecular weight is 933 g/mol. The third-order valence-electron chi connectivity index (χ3n) is 11.2. The van der Waals surface area contributed by atoms with Crippen LogP contribution in [0.15, 0.2) is 63.8 Å². The van der Waals surface area contributed by atoms with E-state index in [4.69, 9.17) is 42.3 Å². The standard InChI is InChI=1S/C43H48O23/c1-15-29(50)33(54)35(56)42(61-15)66-40-34(55)31(52)26(14-59-41-36(57)38(30(51)16(2)60-41)64-27(49)9-5-17-4-7-21(46)24(10-17)58-3)63-43(40)65-39-32(53)28-23(48)12-19(44)13-25(28)62-37(39)18-6-8-20(45)22(47)11-18/h4-13,15-16,26,29-31,33-36,38,40-48,50-52,54-57H,14H2,1-3H3/b9-5+/t15-,16-,26+,29-,30-,31-,33+,34-,35+,36+,38+,40+,41+,42-,43-/m0/s1. The summed E-state index contributed by atoms with van der Waals surface area (Å²) in [7, 11) is 1.34. The third kappa shape index (κ3) is 9.69. The van der Waals surface area contributed by atoms with Crippen LogP contribution in [-0.4, -0.2) is 173 Å². The molecule has 3 aliphatic heterocycles. The summed E-state index contributed by atoms with van der Waals surface area (Å²) in [4.78, 5) is 27.1. The van der Waals surface area contributed by atoms with Crippen LogP contribution >= 0.6 is 0 Å². The van der Waals surface area contributed by atoms with Crippen LogP contribution in [0.1, 0.15) is 19.4 Å². The molecule has 23 heteroatoms. The van der Waals surface area contributed by atoms with Crippen LogP contribution in [0, 0.1) is 0 Å². The number of rotatable bonds is 12. The van der Waals surface area contributed by atoms with Crippen LogP contribution in [0.25, 0.3) is 28.4 Å². The van der Waals surface area contributed by atoms with Gasteiger partial charge in [-0.2, -0.15) is 0 Å². The molecule has 0 bridgehead atoms. The number of phenolic OH excluding ortho intramolecular Hbond substituents is 5. The van der Waals surface area contributed by atoms with Gasteiger partial charge in [0.2, 0.25) is 17.5 Å². The van der Waals surface area contributed by atoms with Gasteiger partial charge in [-0.05, 0) is 55.8 Å². The number of hydrogen-bond acceptors (Lipinski definition) is 23. The number of methoxy groups -OCH3 is 1. The third-order valence-corrected chi connectivity index (χ3v) is 11.2. The lowest BCUT2D eigenvalue weighted by Crippen LogP contribution is -2.65. The van der Waals surface area contributed by atoms with E-state index in [2.05, 4.69) is 0 Å². The van der Waals surface area contributed by atoms with Crippen molar-refractivity contribution in [1.29, 1.82) is 0 Å². The second-order valence-electron chi connectivity index (χ2n) is 15.7. The Hall–Kier alpha value is -5.80. The zero-order valence-corrected chi connectivity index (χ0v) is 35.0. The highest BCUT2D eigenvalue weighted by Gasteiger charge is 2.52. The summed E-state index contributed by atoms with van der Waals surface area (Å²) >= 11 is 0. The molecule has 3 saturated heterocycles. The number of benzene rings is 3. The Bertz CT molecular complexity index is 2470. The molecule has 0 radical (unpaired) electrons. The molecule has 358 valence electrons. The number of hydrogen-bond donors (Lipinski definition) is 12. The number of carbonyl (C=O) groups is 1. The van der Waals surface area contributed by atoms with Gasteiger partial charge in [-0.3, -0.25) is 4.79 Å². The van der Waals surface area contributed by atoms with Crippen molar-refractivity contribution in [3.63, 3.8) is 0 Å². The van der Waals surface area contributed by atoms with Gasteiger partial charge < -0.3 is 104 Å². The van der Waals surface area contributed by atoms with E-state index in [0.717, 1.165) is 30.3 Å². The minimum absolute atomic E-state index is 0.126. The highest BCUT2D eigenvalue weighted by molar-refractivity contribution is 5.89. The van der Waals surface area contributed by atoms with Crippen molar-refractivity contribution in [1.82, 2.24) is 0 Å². The van der Waals surface area contributed by atoms with Gasteiger partial charge in [-0.15, -0.1) is 0 Å². The first-order valence-corrected chi connectivity index (χ1v) is 20.2. The molecule has 1 aromatic heterocycles. The summed E-state index contributed by atoms with van der Waals surface area (Å²) in [6.45, 7) is 1.93. The van der Waals surface area contributed by atoms with E-state index >= 15 is 0 Å². The number of ether oxygens (including phenoxy) is 8. The molecule has 3 aromatic carbocycles. The first-order valence-electron chi connectivity index (χ1n) is 20.2. The van der Waals surface area contributed by atoms with E-state index in [0.29, 0.717) is 5.56 Å². The van der Waals surface area contributed by atoms with E-state index < -0.39 is 150 Å². The molecule has 12 N–H and O–H groups in total. The minimum Gasteiger partial charge on any atom is -0.508 e. The van der Waals surface area contributed by atoms with Crippen LogP contribution in [0.5, 0.6) is 40.2 Å². The summed E-state index contributed by atoms with van der Waals surface area (Å²) in [6.07, 6.45) is -23.9. The fourth-order valence-electron chi connectivity index (χ4n) is 7.51. The van der Waals surface area contributed by atoms with Crippen molar-refractivity contribution in [2.45, 2.75) is 106 Å². The summed E-state index contributed by atoms with van der Waals surface area (Å²) in [6, 6.07) is 9.27. The SMILES string of the molecule is COc1cc(/C=C/C(=O)O[C@@H]2[C@@H](O)[C@H](C)O[C@@H](OC[C@H]3O[C@@H](Oc4c(-c5ccc(O)c(O)c5)oc5cc(O)cc(O)c5c4=O)[C@H](O[C@@H]4O[C@@H](C)[C@H](O)[C@@H](O)[C@H]4O)[C@@H](O)[C@H]3O)[C@@H]2O)ccc1O. The first kappa shape index (κ1) is 48.1. The topological polar surface area (TPSA) is 364 Å². The number of fused-ring (bicyclic) bond motifs is 1. The zero-order chi connectivity index (χ0) is 47.9. The van der Waals surface area contributed by atoms with E-state index in [9.17, 15) is 70.9 Å². The fraction of sp³-hybridized carbons (Fsp3) is 0.442. The number of aromatic hydroxyl groups is 5. The second-order valence-corrected chi connectivity index (χ2v) is 15.7. The smallest absolute Gasteiger partial charge is 0.331 e. The van der Waals surface area contributed by atoms with Gasteiger partial charge in [-0.1, -0.05) is 6.07 Å². The Balaban J connectivity index is 1.18. The molecule has 4 aromatic rings. The maximum Gasteiger partial charge on any atom is 0.331 e. The van der Waals surface area contributed by atoms with E-state index in [1.807, 2.05) is 0 Å². The van der Waals surface area contributed by atoms with Gasteiger partial charge in [0, 0.05) is 23.8 Å². The summed E-state index contributed by atoms with van der Waals surface area (Å²) in [5.41, 5.74) is -1.21. The van der Waals surface area contributed by atoms with Gasteiger partial charge in [0.05, 0.1) is 25.9 Å². The van der Waals surface area contributed by atoms with Crippen molar-refractivity contribution >= 4 is 23.0 Å². The van der Waals surface area contributed by atoms with Gasteiger partial charge >= 0.3 is 5.97 Å². The summed E-state index contributed by atoms with van der Waals surface area (Å²) < 4.78 is 51.3. The monoisotopic (exact) mass is 932 g/mol. The molecule has 0 saturated carbocycles. The first-order chi connectivity index (χ1) is 31.3. The lowest BCUT2D eigenvalue weighted by Gasteiger charge is -2.46. The maximum atomic E-state index is 14.2. The number of aliphatic hydroxyl groups excluding tert-OH is 7. The van der Waals surface area contributed by atoms with Gasteiger partial charge in [0.1, 0.15) is 71.3 Å². The molecule has 0 amide bonds. The molecule has 4 heterocycles. The average Bonchev–Trinajstić information content (AvgIpc) is 3.28. The Morgan fingerprint density at radius 1 is 0.682 bits per heavy atom. The fourth-order valence-corrected chi connectivity index (χ4v) is 7.51. The van der Waals surface area contributed by atoms with Crippen molar-refractivity contribution in [3.8, 4) is 51.6 Å². The molecular formula is C43H48O23. The van der Waals surface area contributed by atoms with Crippen LogP contribution in [0.2, 0.25) is 0 Å². The predicted octanol–water partition coefficient (Wildman–Crippen LogP) is -0.857. The molecule has 0 spiro atoms. The number of carbonyl (C=O) groups excluding carboxylic acids is 1. The molecular weight excluding hydrogens is 884 g/mol. The largest absolute Gasteiger partial charge is 0.508 e. The summed E-state index contributed by atoms with van der Waals surface area (Å²) in [5.74, 6) is -4.87. The second kappa shape index (κ2) is 19.6. The summed E-state index contributed by atoms with van der Waals surface area (Å²) in [5, 5.41) is 127. The Morgan fingerprint density at radius 2 is 1.38 bits per heavy atom. The van der Waals surface area contributed by atoms with Crippen LogP contribution in [0.4, 0.5) is 0 Å². The maximum absolute atomic E-state index is 14.2. The molecule has 66 heavy (non-hydrogen) atoms. The highest BCUT2D eigenvalue weighted by Crippen LogP contribution is 2.40. The van der Waals surface area contributed by atoms with E-state index in [-0.39, 0.29) is 22.6 Å². The van der Waals surface area contributed by atoms with Crippen LogP contribution in [0.3, 0.4) is 0 Å². The molecule has 23 nitrogen and oxygen atoms in total. The van der Waals surface area contributed by atoms with Crippen molar-refractivity contribution < 1.29 is 108 Å². The lowest BCUT2D eigenvalue weighted by molar-refractivity contribution is -0.360. The van der Waals surface area contributed by atoms with E-state index in [1.54, 1.807) is 0 Å². The van der Waals surface area contributed by atoms with Crippen LogP contribution in [-0.2, 0) is 33.2 Å². The molecule has 3 aliphatic rings. The molecule has 0 unspecified atom stereocenters. The number of esters is 1. The Kier molecular flexibility index (Phi) is 14.3. The molecule has 7 rings (SSSR count). The number of phenols is 5. The molecule has 0 aliphatic carbocycles. The van der Waals surface area contributed by atoms with Gasteiger partial charge in [0.15, 0.2) is 53.5 Å². The van der Waals surface area contributed by atoms with E-state index in [1.165, 1.54) is 51.3 Å². The molecule has 3 fully saturated rings. The molecule has 15 atom stereocenters. The quantitative estimate of drug-likeness (QED) is 0.0467.